The summed E-state index contributed by atoms with van der Waals surface area (Å²) >= 11 is 1.72. The number of hydrogen-bond acceptors (Lipinski definition) is 6. The first kappa shape index (κ1) is 18.2. The Hall–Kier alpha value is -0.830. The molecule has 0 aromatic heterocycles. The van der Waals surface area contributed by atoms with Gasteiger partial charge in [-0.05, 0) is 23.8 Å². The van der Waals surface area contributed by atoms with Gasteiger partial charge in [-0.1, -0.05) is 13.8 Å². The van der Waals surface area contributed by atoms with E-state index in [9.17, 15) is 14.7 Å². The van der Waals surface area contributed by atoms with Gasteiger partial charge in [0.05, 0.1) is 12.5 Å². The minimum atomic E-state index is -1.34. The Kier molecular flexibility index (Phi) is 8.02. The third kappa shape index (κ3) is 6.64. The zero-order chi connectivity index (χ0) is 15.8. The van der Waals surface area contributed by atoms with Gasteiger partial charge in [0.1, 0.15) is 6.10 Å². The van der Waals surface area contributed by atoms with Gasteiger partial charge >= 0.3 is 0 Å². The first-order chi connectivity index (χ1) is 9.91. The molecule has 2 amide bonds. The van der Waals surface area contributed by atoms with Gasteiger partial charge in [0.15, 0.2) is 0 Å². The summed E-state index contributed by atoms with van der Waals surface area (Å²) in [6.45, 7) is 5.05. The Labute approximate surface area is 129 Å². The second kappa shape index (κ2) is 9.24. The maximum atomic E-state index is 11.7. The first-order valence-corrected chi connectivity index (χ1v) is 8.19. The summed E-state index contributed by atoms with van der Waals surface area (Å²) in [4.78, 5) is 23.4. The molecule has 3 atom stereocenters. The predicted molar refractivity (Wildman–Crippen MR) is 81.4 cm³/mol. The van der Waals surface area contributed by atoms with Crippen LogP contribution in [-0.4, -0.2) is 53.3 Å². The van der Waals surface area contributed by atoms with E-state index in [-0.39, 0.29) is 11.8 Å². The van der Waals surface area contributed by atoms with Crippen LogP contribution in [0.4, 0.5) is 0 Å². The molecule has 0 aliphatic carbocycles. The number of amides is 2. The molecule has 0 radical (unpaired) electrons. The average molecular weight is 319 g/mol. The van der Waals surface area contributed by atoms with E-state index in [0.717, 1.165) is 5.75 Å². The van der Waals surface area contributed by atoms with E-state index in [0.29, 0.717) is 31.3 Å². The van der Waals surface area contributed by atoms with Crippen LogP contribution in [0.25, 0.3) is 0 Å². The third-order valence-corrected chi connectivity index (χ3v) is 4.32. The van der Waals surface area contributed by atoms with Crippen molar-refractivity contribution in [1.82, 2.24) is 10.9 Å². The van der Waals surface area contributed by atoms with E-state index in [1.54, 1.807) is 11.8 Å². The standard InChI is InChI=1S/C13H25N3O4S/c1-8(2)21-6-4-10(14)11(17)13(19)16-15-12(18)9-3-5-20-7-9/h8-11,17H,3-7,14H2,1-2H3,(H,15,18)(H,16,19). The van der Waals surface area contributed by atoms with Gasteiger partial charge in [0.25, 0.3) is 5.91 Å². The van der Waals surface area contributed by atoms with E-state index in [2.05, 4.69) is 24.7 Å². The number of aliphatic hydroxyl groups excluding tert-OH is 1. The molecule has 0 aromatic rings. The van der Waals surface area contributed by atoms with Crippen LogP contribution in [0.1, 0.15) is 26.7 Å². The number of hydrogen-bond donors (Lipinski definition) is 4. The lowest BCUT2D eigenvalue weighted by molar-refractivity contribution is -0.136. The lowest BCUT2D eigenvalue weighted by Crippen LogP contribution is -2.53. The highest BCUT2D eigenvalue weighted by Gasteiger charge is 2.26. The molecule has 8 heteroatoms. The summed E-state index contributed by atoms with van der Waals surface area (Å²) < 4.78 is 5.09. The summed E-state index contributed by atoms with van der Waals surface area (Å²) in [5, 5.41) is 10.3. The van der Waals surface area contributed by atoms with Crippen molar-refractivity contribution in [2.75, 3.05) is 19.0 Å². The Morgan fingerprint density at radius 1 is 1.43 bits per heavy atom. The van der Waals surface area contributed by atoms with E-state index in [1.807, 2.05) is 0 Å². The Bertz CT molecular complexity index is 348. The van der Waals surface area contributed by atoms with Gasteiger partial charge in [0, 0.05) is 12.6 Å². The van der Waals surface area contributed by atoms with Gasteiger partial charge in [-0.15, -0.1) is 0 Å². The molecule has 1 saturated heterocycles. The van der Waals surface area contributed by atoms with E-state index in [1.165, 1.54) is 0 Å². The first-order valence-electron chi connectivity index (χ1n) is 7.14. The number of rotatable bonds is 7. The largest absolute Gasteiger partial charge is 0.382 e. The highest BCUT2D eigenvalue weighted by Crippen LogP contribution is 2.13. The van der Waals surface area contributed by atoms with Gasteiger partial charge in [0.2, 0.25) is 5.91 Å². The Balaban J connectivity index is 2.24. The smallest absolute Gasteiger partial charge is 0.268 e. The van der Waals surface area contributed by atoms with Crippen molar-refractivity contribution >= 4 is 23.6 Å². The summed E-state index contributed by atoms with van der Waals surface area (Å²) in [6.07, 6.45) is -0.171. The molecular formula is C13H25N3O4S. The minimum Gasteiger partial charge on any atom is -0.382 e. The number of ether oxygens (including phenoxy) is 1. The maximum absolute atomic E-state index is 11.7. The molecule has 1 aliphatic heterocycles. The van der Waals surface area contributed by atoms with Crippen molar-refractivity contribution in [2.45, 2.75) is 44.1 Å². The van der Waals surface area contributed by atoms with Crippen LogP contribution in [0, 0.1) is 5.92 Å². The normalized spacial score (nSPS) is 21.1. The summed E-state index contributed by atoms with van der Waals surface area (Å²) in [6, 6.07) is -0.650. The number of carbonyl (C=O) groups is 2. The van der Waals surface area contributed by atoms with Crippen molar-refractivity contribution in [3.8, 4) is 0 Å². The van der Waals surface area contributed by atoms with Crippen LogP contribution in [0.3, 0.4) is 0 Å². The lowest BCUT2D eigenvalue weighted by Gasteiger charge is -2.19. The van der Waals surface area contributed by atoms with Crippen molar-refractivity contribution < 1.29 is 19.4 Å². The number of nitrogens with one attached hydrogen (secondary N) is 2. The van der Waals surface area contributed by atoms with Crippen molar-refractivity contribution in [3.05, 3.63) is 0 Å². The van der Waals surface area contributed by atoms with E-state index >= 15 is 0 Å². The topological polar surface area (TPSA) is 114 Å². The number of aliphatic hydroxyl groups is 1. The second-order valence-corrected chi connectivity index (χ2v) is 7.04. The summed E-state index contributed by atoms with van der Waals surface area (Å²) in [7, 11) is 0. The van der Waals surface area contributed by atoms with Gasteiger partial charge in [-0.25, -0.2) is 0 Å². The number of thioether (sulfide) groups is 1. The minimum absolute atomic E-state index is 0.251. The van der Waals surface area contributed by atoms with Crippen molar-refractivity contribution in [2.24, 2.45) is 11.7 Å². The highest BCUT2D eigenvalue weighted by atomic mass is 32.2. The zero-order valence-electron chi connectivity index (χ0n) is 12.5. The molecule has 21 heavy (non-hydrogen) atoms. The quantitative estimate of drug-likeness (QED) is 0.466. The molecule has 1 fully saturated rings. The predicted octanol–water partition coefficient (Wildman–Crippen LogP) is -0.610. The van der Waals surface area contributed by atoms with Crippen LogP contribution in [-0.2, 0) is 14.3 Å². The molecule has 1 heterocycles. The molecule has 1 rings (SSSR count). The highest BCUT2D eigenvalue weighted by molar-refractivity contribution is 7.99. The van der Waals surface area contributed by atoms with Crippen LogP contribution < -0.4 is 16.6 Å². The number of carbonyl (C=O) groups excluding carboxylic acids is 2. The van der Waals surface area contributed by atoms with E-state index in [4.69, 9.17) is 10.5 Å². The molecular weight excluding hydrogens is 294 g/mol. The van der Waals surface area contributed by atoms with Crippen molar-refractivity contribution in [3.63, 3.8) is 0 Å². The van der Waals surface area contributed by atoms with E-state index < -0.39 is 18.1 Å². The fourth-order valence-electron chi connectivity index (χ4n) is 1.83. The summed E-state index contributed by atoms with van der Waals surface area (Å²) in [5.41, 5.74) is 10.3. The fraction of sp³-hybridized carbons (Fsp3) is 0.846. The van der Waals surface area contributed by atoms with Crippen molar-refractivity contribution in [1.29, 1.82) is 0 Å². The van der Waals surface area contributed by atoms with Crippen LogP contribution in [0.5, 0.6) is 0 Å². The van der Waals surface area contributed by atoms with Crippen LogP contribution >= 0.6 is 11.8 Å². The molecule has 0 aromatic carbocycles. The Morgan fingerprint density at radius 3 is 2.71 bits per heavy atom. The molecule has 0 spiro atoms. The third-order valence-electron chi connectivity index (χ3n) is 3.19. The molecule has 7 nitrogen and oxygen atoms in total. The van der Waals surface area contributed by atoms with Crippen LogP contribution in [0.2, 0.25) is 0 Å². The SMILES string of the molecule is CC(C)SCCC(N)C(O)C(=O)NNC(=O)C1CCOC1. The number of nitrogens with two attached hydrogens (primary N) is 1. The molecule has 122 valence electrons. The average Bonchev–Trinajstić information content (AvgIpc) is 2.97. The fourth-order valence-corrected chi connectivity index (χ4v) is 2.71. The lowest BCUT2D eigenvalue weighted by atomic mass is 10.1. The zero-order valence-corrected chi connectivity index (χ0v) is 13.3. The maximum Gasteiger partial charge on any atom is 0.268 e. The van der Waals surface area contributed by atoms with Gasteiger partial charge in [-0.3, -0.25) is 20.4 Å². The van der Waals surface area contributed by atoms with Gasteiger partial charge in [-0.2, -0.15) is 11.8 Å². The molecule has 0 saturated carbocycles. The van der Waals surface area contributed by atoms with Crippen LogP contribution in [0.15, 0.2) is 0 Å². The molecule has 0 bridgehead atoms. The Morgan fingerprint density at radius 2 is 2.14 bits per heavy atom. The molecule has 3 unspecified atom stereocenters. The number of hydrazine groups is 1. The molecule has 5 N–H and O–H groups in total. The molecule has 1 aliphatic rings. The summed E-state index contributed by atoms with van der Waals surface area (Å²) in [5.74, 6) is -0.477. The van der Waals surface area contributed by atoms with Gasteiger partial charge < -0.3 is 15.6 Å². The second-order valence-electron chi connectivity index (χ2n) is 5.36. The monoisotopic (exact) mass is 319 g/mol.